The minimum atomic E-state index is 0.316. The Morgan fingerprint density at radius 3 is 3.00 bits per heavy atom. The number of thioether (sulfide) groups is 1. The average Bonchev–Trinajstić information content (AvgIpc) is 3.41. The van der Waals surface area contributed by atoms with E-state index in [1.54, 1.807) is 0 Å². The second-order valence-electron chi connectivity index (χ2n) is 7.52. The van der Waals surface area contributed by atoms with Gasteiger partial charge in [0.25, 0.3) is 0 Å². The van der Waals surface area contributed by atoms with Gasteiger partial charge in [-0.25, -0.2) is 0 Å². The van der Waals surface area contributed by atoms with Crippen molar-refractivity contribution in [1.82, 2.24) is 10.2 Å². The number of hydrogen-bond donors (Lipinski definition) is 1. The quantitative estimate of drug-likeness (QED) is 0.279. The van der Waals surface area contributed by atoms with E-state index in [2.05, 4.69) is 47.5 Å². The van der Waals surface area contributed by atoms with Crippen molar-refractivity contribution in [1.29, 1.82) is 0 Å². The molecular weight excluding hydrogens is 370 g/mol. The highest BCUT2D eigenvalue weighted by atomic mass is 32.2. The van der Waals surface area contributed by atoms with Gasteiger partial charge in [-0.15, -0.1) is 11.8 Å². The lowest BCUT2D eigenvalue weighted by molar-refractivity contribution is 0.0170. The van der Waals surface area contributed by atoms with Gasteiger partial charge in [0, 0.05) is 50.0 Å². The van der Waals surface area contributed by atoms with Crippen molar-refractivity contribution >= 4 is 17.7 Å². The first-order valence-electron chi connectivity index (χ1n) is 10.8. The van der Waals surface area contributed by atoms with Crippen molar-refractivity contribution in [3.8, 4) is 0 Å². The van der Waals surface area contributed by atoms with Gasteiger partial charge >= 0.3 is 0 Å². The van der Waals surface area contributed by atoms with Gasteiger partial charge in [-0.2, -0.15) is 0 Å². The van der Waals surface area contributed by atoms with E-state index < -0.39 is 0 Å². The number of nitrogens with zero attached hydrogens (tertiary/aromatic N) is 2. The number of ether oxygens (including phenoxy) is 2. The van der Waals surface area contributed by atoms with Crippen LogP contribution >= 0.6 is 11.8 Å². The molecule has 156 valence electrons. The number of likely N-dealkylation sites (tertiary alicyclic amines) is 1. The standard InChI is InChI=1S/C22H35N3O2S/c1-2-23-22(24-12-7-14-26-17-20-8-6-15-27-20)25-13-11-19(16-25)18-28-21-9-4-3-5-10-21/h3-5,9-10,19-20H,2,6-8,11-18H2,1H3,(H,23,24). The molecule has 1 N–H and O–H groups in total. The molecular formula is C22H35N3O2S. The summed E-state index contributed by atoms with van der Waals surface area (Å²) in [5.74, 6) is 2.97. The number of benzene rings is 1. The largest absolute Gasteiger partial charge is 0.379 e. The molecule has 5 nitrogen and oxygen atoms in total. The third kappa shape index (κ3) is 7.30. The first-order valence-corrected chi connectivity index (χ1v) is 11.7. The molecule has 2 aliphatic heterocycles. The molecule has 0 amide bonds. The van der Waals surface area contributed by atoms with E-state index in [-0.39, 0.29) is 0 Å². The molecule has 0 saturated carbocycles. The van der Waals surface area contributed by atoms with Crippen LogP contribution < -0.4 is 5.32 Å². The zero-order valence-electron chi connectivity index (χ0n) is 17.1. The van der Waals surface area contributed by atoms with Gasteiger partial charge < -0.3 is 19.7 Å². The molecule has 3 rings (SSSR count). The maximum atomic E-state index is 5.74. The fraction of sp³-hybridized carbons (Fsp3) is 0.682. The molecule has 2 heterocycles. The summed E-state index contributed by atoms with van der Waals surface area (Å²) in [6.07, 6.45) is 4.83. The molecule has 2 unspecified atom stereocenters. The normalized spacial score (nSPS) is 22.8. The van der Waals surface area contributed by atoms with Crippen LogP contribution in [0.2, 0.25) is 0 Å². The van der Waals surface area contributed by atoms with Gasteiger partial charge in [0.1, 0.15) is 0 Å². The minimum absolute atomic E-state index is 0.316. The van der Waals surface area contributed by atoms with Crippen LogP contribution in [0.1, 0.15) is 32.6 Å². The van der Waals surface area contributed by atoms with Gasteiger partial charge in [0.15, 0.2) is 5.96 Å². The maximum absolute atomic E-state index is 5.74. The van der Waals surface area contributed by atoms with Crippen LogP contribution in [0.25, 0.3) is 0 Å². The molecule has 6 heteroatoms. The van der Waals surface area contributed by atoms with Crippen molar-refractivity contribution in [2.45, 2.75) is 43.6 Å². The second-order valence-corrected chi connectivity index (χ2v) is 8.62. The molecule has 2 aliphatic rings. The van der Waals surface area contributed by atoms with Crippen LogP contribution in [0, 0.1) is 5.92 Å². The number of hydrogen-bond acceptors (Lipinski definition) is 4. The molecule has 28 heavy (non-hydrogen) atoms. The Morgan fingerprint density at radius 2 is 2.21 bits per heavy atom. The zero-order valence-corrected chi connectivity index (χ0v) is 18.0. The molecule has 2 fully saturated rings. The molecule has 0 bridgehead atoms. The summed E-state index contributed by atoms with van der Waals surface area (Å²) in [4.78, 5) is 8.62. The van der Waals surface area contributed by atoms with E-state index in [0.717, 1.165) is 70.7 Å². The van der Waals surface area contributed by atoms with Crippen LogP contribution in [0.4, 0.5) is 0 Å². The molecule has 1 aromatic rings. The van der Waals surface area contributed by atoms with Gasteiger partial charge in [0.05, 0.1) is 12.7 Å². The molecule has 1 aromatic carbocycles. The summed E-state index contributed by atoms with van der Waals surface area (Å²) < 4.78 is 11.3. The Bertz CT molecular complexity index is 578. The predicted molar refractivity (Wildman–Crippen MR) is 117 cm³/mol. The van der Waals surface area contributed by atoms with E-state index in [4.69, 9.17) is 14.5 Å². The summed E-state index contributed by atoms with van der Waals surface area (Å²) >= 11 is 1.97. The molecule has 0 aromatic heterocycles. The Morgan fingerprint density at radius 1 is 1.32 bits per heavy atom. The minimum Gasteiger partial charge on any atom is -0.379 e. The first-order chi connectivity index (χ1) is 13.8. The van der Waals surface area contributed by atoms with E-state index in [0.29, 0.717) is 6.10 Å². The molecule has 2 atom stereocenters. The highest BCUT2D eigenvalue weighted by molar-refractivity contribution is 7.99. The summed E-state index contributed by atoms with van der Waals surface area (Å²) in [5.41, 5.74) is 0. The third-order valence-electron chi connectivity index (χ3n) is 5.19. The Kier molecular flexibility index (Phi) is 9.47. The lowest BCUT2D eigenvalue weighted by Gasteiger charge is -2.21. The lowest BCUT2D eigenvalue weighted by Crippen LogP contribution is -2.40. The number of aliphatic imine (C=N–C) groups is 1. The first kappa shape index (κ1) is 21.5. The zero-order chi connectivity index (χ0) is 19.4. The summed E-state index contributed by atoms with van der Waals surface area (Å²) in [5, 5.41) is 3.46. The van der Waals surface area contributed by atoms with Crippen LogP contribution in [0.15, 0.2) is 40.2 Å². The Labute approximate surface area is 174 Å². The van der Waals surface area contributed by atoms with Crippen molar-refractivity contribution in [2.75, 3.05) is 51.8 Å². The lowest BCUT2D eigenvalue weighted by atomic mass is 10.2. The smallest absolute Gasteiger partial charge is 0.193 e. The van der Waals surface area contributed by atoms with Crippen LogP contribution in [0.5, 0.6) is 0 Å². The van der Waals surface area contributed by atoms with Gasteiger partial charge in [0.2, 0.25) is 0 Å². The van der Waals surface area contributed by atoms with E-state index in [9.17, 15) is 0 Å². The molecule has 0 radical (unpaired) electrons. The van der Waals surface area contributed by atoms with Crippen LogP contribution in [-0.4, -0.2) is 68.7 Å². The fourth-order valence-corrected chi connectivity index (χ4v) is 4.71. The SMILES string of the molecule is CCNC(=NCCCOCC1CCCO1)N1CCC(CSc2ccccc2)C1. The van der Waals surface area contributed by atoms with Crippen molar-refractivity contribution in [3.05, 3.63) is 30.3 Å². The molecule has 0 aliphatic carbocycles. The highest BCUT2D eigenvalue weighted by Crippen LogP contribution is 2.25. The summed E-state index contributed by atoms with van der Waals surface area (Å²) in [7, 11) is 0. The summed E-state index contributed by atoms with van der Waals surface area (Å²) in [6, 6.07) is 10.7. The number of nitrogens with one attached hydrogen (secondary N) is 1. The third-order valence-corrected chi connectivity index (χ3v) is 6.43. The number of guanidine groups is 1. The molecule has 2 saturated heterocycles. The topological polar surface area (TPSA) is 46.1 Å². The van der Waals surface area contributed by atoms with E-state index in [1.165, 1.54) is 23.5 Å². The van der Waals surface area contributed by atoms with Crippen molar-refractivity contribution in [2.24, 2.45) is 10.9 Å². The van der Waals surface area contributed by atoms with Gasteiger partial charge in [-0.1, -0.05) is 18.2 Å². The van der Waals surface area contributed by atoms with Gasteiger partial charge in [-0.3, -0.25) is 4.99 Å². The van der Waals surface area contributed by atoms with E-state index >= 15 is 0 Å². The Balaban J connectivity index is 1.35. The van der Waals surface area contributed by atoms with Gasteiger partial charge in [-0.05, 0) is 50.7 Å². The average molecular weight is 406 g/mol. The summed E-state index contributed by atoms with van der Waals surface area (Å²) in [6.45, 7) is 8.45. The number of rotatable bonds is 10. The predicted octanol–water partition coefficient (Wildman–Crippen LogP) is 3.65. The van der Waals surface area contributed by atoms with E-state index in [1.807, 2.05) is 11.8 Å². The van der Waals surface area contributed by atoms with Crippen LogP contribution in [0.3, 0.4) is 0 Å². The fourth-order valence-electron chi connectivity index (χ4n) is 3.66. The second kappa shape index (κ2) is 12.3. The van der Waals surface area contributed by atoms with Crippen molar-refractivity contribution < 1.29 is 9.47 Å². The van der Waals surface area contributed by atoms with Crippen molar-refractivity contribution in [3.63, 3.8) is 0 Å². The monoisotopic (exact) mass is 405 g/mol. The highest BCUT2D eigenvalue weighted by Gasteiger charge is 2.24. The Hall–Kier alpha value is -1.24. The maximum Gasteiger partial charge on any atom is 0.193 e. The molecule has 0 spiro atoms. The van der Waals surface area contributed by atoms with Crippen LogP contribution in [-0.2, 0) is 9.47 Å².